The van der Waals surface area contributed by atoms with E-state index in [1.165, 1.54) is 0 Å². The number of hydrogen-bond donors (Lipinski definition) is 0. The van der Waals surface area contributed by atoms with Crippen molar-refractivity contribution in [1.29, 1.82) is 0 Å². The SMILES string of the molecule is Cc1ccc(C(=O)N2CCO[C@H]3C[C@H](COc4ccccn4)C[C@@H]32)o1. The van der Waals surface area contributed by atoms with Gasteiger partial charge in [-0.05, 0) is 43.9 Å². The van der Waals surface area contributed by atoms with Gasteiger partial charge in [-0.2, -0.15) is 0 Å². The van der Waals surface area contributed by atoms with Crippen LogP contribution in [0.1, 0.15) is 29.2 Å². The predicted octanol–water partition coefficient (Wildman–Crippen LogP) is 2.68. The normalized spacial score (nSPS) is 25.6. The molecule has 2 fully saturated rings. The standard InChI is InChI=1S/C19H22N2O4/c1-13-5-6-16(25-13)19(22)21-8-9-23-17-11-14(10-15(17)21)12-24-18-4-2-3-7-20-18/h2-7,14-15,17H,8-12H2,1H3/t14-,15+,17+/m1/s1. The van der Waals surface area contributed by atoms with E-state index in [4.69, 9.17) is 13.9 Å². The molecular formula is C19H22N2O4. The minimum absolute atomic E-state index is 0.0438. The van der Waals surface area contributed by atoms with Crippen LogP contribution in [-0.2, 0) is 4.74 Å². The Morgan fingerprint density at radius 3 is 3.00 bits per heavy atom. The summed E-state index contributed by atoms with van der Waals surface area (Å²) in [4.78, 5) is 18.9. The Kier molecular flexibility index (Phi) is 4.44. The molecule has 25 heavy (non-hydrogen) atoms. The van der Waals surface area contributed by atoms with Gasteiger partial charge in [-0.25, -0.2) is 4.98 Å². The van der Waals surface area contributed by atoms with Gasteiger partial charge in [-0.1, -0.05) is 6.07 Å². The number of ether oxygens (including phenoxy) is 2. The van der Waals surface area contributed by atoms with Crippen molar-refractivity contribution >= 4 is 5.91 Å². The number of aromatic nitrogens is 1. The van der Waals surface area contributed by atoms with Crippen LogP contribution in [0.2, 0.25) is 0 Å². The van der Waals surface area contributed by atoms with Crippen molar-refractivity contribution in [2.75, 3.05) is 19.8 Å². The van der Waals surface area contributed by atoms with Gasteiger partial charge in [0.1, 0.15) is 5.76 Å². The van der Waals surface area contributed by atoms with E-state index in [1.807, 2.05) is 36.1 Å². The van der Waals surface area contributed by atoms with E-state index in [-0.39, 0.29) is 18.1 Å². The molecule has 132 valence electrons. The summed E-state index contributed by atoms with van der Waals surface area (Å²) >= 11 is 0. The van der Waals surface area contributed by atoms with Gasteiger partial charge in [0.05, 0.1) is 25.4 Å². The molecule has 3 atom stereocenters. The van der Waals surface area contributed by atoms with Crippen molar-refractivity contribution < 1.29 is 18.7 Å². The molecule has 0 bridgehead atoms. The predicted molar refractivity (Wildman–Crippen MR) is 90.5 cm³/mol. The van der Waals surface area contributed by atoms with E-state index in [1.54, 1.807) is 12.3 Å². The van der Waals surface area contributed by atoms with Gasteiger partial charge in [-0.15, -0.1) is 0 Å². The first-order chi connectivity index (χ1) is 12.2. The molecule has 4 rings (SSSR count). The summed E-state index contributed by atoms with van der Waals surface area (Å²) in [5.41, 5.74) is 0. The minimum atomic E-state index is -0.0438. The van der Waals surface area contributed by atoms with Crippen molar-refractivity contribution in [2.24, 2.45) is 5.92 Å². The average molecular weight is 342 g/mol. The largest absolute Gasteiger partial charge is 0.477 e. The van der Waals surface area contributed by atoms with Gasteiger partial charge in [0.15, 0.2) is 5.76 Å². The number of carbonyl (C=O) groups is 1. The summed E-state index contributed by atoms with van der Waals surface area (Å²) in [7, 11) is 0. The molecule has 0 N–H and O–H groups in total. The zero-order valence-corrected chi connectivity index (χ0v) is 14.3. The quantitative estimate of drug-likeness (QED) is 0.855. The number of pyridine rings is 1. The molecule has 2 aliphatic rings. The molecule has 1 saturated carbocycles. The molecule has 2 aromatic rings. The maximum atomic E-state index is 12.8. The van der Waals surface area contributed by atoms with Crippen LogP contribution in [0.3, 0.4) is 0 Å². The van der Waals surface area contributed by atoms with Crippen LogP contribution < -0.4 is 4.74 Å². The van der Waals surface area contributed by atoms with Crippen LogP contribution >= 0.6 is 0 Å². The van der Waals surface area contributed by atoms with Crippen LogP contribution in [0.5, 0.6) is 5.88 Å². The topological polar surface area (TPSA) is 64.8 Å². The molecule has 1 saturated heterocycles. The summed E-state index contributed by atoms with van der Waals surface area (Å²) in [5.74, 6) is 2.10. The third kappa shape index (κ3) is 3.39. The van der Waals surface area contributed by atoms with E-state index in [0.717, 1.165) is 18.6 Å². The van der Waals surface area contributed by atoms with Crippen molar-refractivity contribution in [3.8, 4) is 5.88 Å². The monoisotopic (exact) mass is 342 g/mol. The maximum absolute atomic E-state index is 12.8. The number of morpholine rings is 1. The highest BCUT2D eigenvalue weighted by atomic mass is 16.5. The molecule has 1 aliphatic heterocycles. The number of furan rings is 1. The number of carbonyl (C=O) groups excluding carboxylic acids is 1. The Morgan fingerprint density at radius 2 is 2.24 bits per heavy atom. The number of hydrogen-bond acceptors (Lipinski definition) is 5. The van der Waals surface area contributed by atoms with E-state index >= 15 is 0 Å². The Labute approximate surface area is 146 Å². The second-order valence-electron chi connectivity index (χ2n) is 6.70. The maximum Gasteiger partial charge on any atom is 0.289 e. The second-order valence-corrected chi connectivity index (χ2v) is 6.70. The fraction of sp³-hybridized carbons (Fsp3) is 0.474. The zero-order valence-electron chi connectivity index (χ0n) is 14.3. The summed E-state index contributed by atoms with van der Waals surface area (Å²) < 4.78 is 17.2. The van der Waals surface area contributed by atoms with E-state index < -0.39 is 0 Å². The molecule has 0 radical (unpaired) electrons. The summed E-state index contributed by atoms with van der Waals surface area (Å²) in [6.45, 7) is 3.61. The van der Waals surface area contributed by atoms with Crippen LogP contribution in [0, 0.1) is 12.8 Å². The average Bonchev–Trinajstić information content (AvgIpc) is 3.26. The molecule has 6 heteroatoms. The molecular weight excluding hydrogens is 320 g/mol. The molecule has 0 aromatic carbocycles. The van der Waals surface area contributed by atoms with Gasteiger partial charge >= 0.3 is 0 Å². The molecule has 6 nitrogen and oxygen atoms in total. The highest BCUT2D eigenvalue weighted by molar-refractivity contribution is 5.92. The molecule has 2 aromatic heterocycles. The fourth-order valence-electron chi connectivity index (χ4n) is 3.77. The lowest BCUT2D eigenvalue weighted by atomic mass is 10.1. The number of amides is 1. The van der Waals surface area contributed by atoms with Gasteiger partial charge < -0.3 is 18.8 Å². The van der Waals surface area contributed by atoms with Crippen molar-refractivity contribution in [3.63, 3.8) is 0 Å². The Balaban J connectivity index is 1.40. The Bertz CT molecular complexity index is 730. The molecule has 1 amide bonds. The summed E-state index contributed by atoms with van der Waals surface area (Å²) in [6, 6.07) is 9.29. The van der Waals surface area contributed by atoms with Crippen LogP contribution in [0.25, 0.3) is 0 Å². The second kappa shape index (κ2) is 6.88. The van der Waals surface area contributed by atoms with E-state index in [0.29, 0.717) is 37.3 Å². The van der Waals surface area contributed by atoms with Crippen LogP contribution in [0.15, 0.2) is 40.9 Å². The van der Waals surface area contributed by atoms with E-state index in [9.17, 15) is 4.79 Å². The molecule has 1 aliphatic carbocycles. The van der Waals surface area contributed by atoms with Gasteiger partial charge in [0, 0.05) is 18.8 Å². The first-order valence-corrected chi connectivity index (χ1v) is 8.73. The van der Waals surface area contributed by atoms with Gasteiger partial charge in [0.25, 0.3) is 5.91 Å². The van der Waals surface area contributed by atoms with Gasteiger partial charge in [-0.3, -0.25) is 4.79 Å². The highest BCUT2D eigenvalue weighted by Crippen LogP contribution is 2.35. The van der Waals surface area contributed by atoms with Crippen LogP contribution in [-0.4, -0.2) is 47.7 Å². The Morgan fingerprint density at radius 1 is 1.32 bits per heavy atom. The third-order valence-corrected chi connectivity index (χ3v) is 4.95. The van der Waals surface area contributed by atoms with Gasteiger partial charge in [0.2, 0.25) is 5.88 Å². The first kappa shape index (κ1) is 16.1. The lowest BCUT2D eigenvalue weighted by Gasteiger charge is -2.37. The van der Waals surface area contributed by atoms with Crippen molar-refractivity contribution in [3.05, 3.63) is 48.0 Å². The third-order valence-electron chi connectivity index (χ3n) is 4.95. The smallest absolute Gasteiger partial charge is 0.289 e. The summed E-state index contributed by atoms with van der Waals surface area (Å²) in [6.07, 6.45) is 3.58. The lowest BCUT2D eigenvalue weighted by Crippen LogP contribution is -2.51. The number of fused-ring (bicyclic) bond motifs is 1. The molecule has 0 spiro atoms. The number of nitrogens with zero attached hydrogens (tertiary/aromatic N) is 2. The summed E-state index contributed by atoms with van der Waals surface area (Å²) in [5, 5.41) is 0. The van der Waals surface area contributed by atoms with E-state index in [2.05, 4.69) is 4.98 Å². The highest BCUT2D eigenvalue weighted by Gasteiger charge is 2.43. The fourth-order valence-corrected chi connectivity index (χ4v) is 3.77. The van der Waals surface area contributed by atoms with Crippen molar-refractivity contribution in [1.82, 2.24) is 9.88 Å². The zero-order chi connectivity index (χ0) is 17.2. The molecule has 3 heterocycles. The van der Waals surface area contributed by atoms with Crippen molar-refractivity contribution in [2.45, 2.75) is 31.9 Å². The number of rotatable bonds is 4. The molecule has 0 unspecified atom stereocenters. The minimum Gasteiger partial charge on any atom is -0.477 e. The lowest BCUT2D eigenvalue weighted by molar-refractivity contribution is -0.0457. The van der Waals surface area contributed by atoms with Crippen LogP contribution in [0.4, 0.5) is 0 Å². The Hall–Kier alpha value is -2.34. The first-order valence-electron chi connectivity index (χ1n) is 8.73. The number of aryl methyl sites for hydroxylation is 1.